The van der Waals surface area contributed by atoms with Gasteiger partial charge in [-0.15, -0.1) is 0 Å². The molecule has 0 bridgehead atoms. The molecule has 2 aromatic rings. The molecule has 2 fully saturated rings. The number of anilines is 3. The Balaban J connectivity index is 1.29. The summed E-state index contributed by atoms with van der Waals surface area (Å²) in [7, 11) is -3.70. The van der Waals surface area contributed by atoms with E-state index in [2.05, 4.69) is 26.2 Å². The van der Waals surface area contributed by atoms with Crippen LogP contribution in [0.2, 0.25) is 0 Å². The monoisotopic (exact) mass is 459 g/mol. The van der Waals surface area contributed by atoms with Crippen LogP contribution in [0, 0.1) is 6.92 Å². The summed E-state index contributed by atoms with van der Waals surface area (Å²) in [5.74, 6) is -0.839. The largest absolute Gasteiger partial charge is 0.378 e. The highest BCUT2D eigenvalue weighted by Gasteiger charge is 2.29. The summed E-state index contributed by atoms with van der Waals surface area (Å²) < 4.78 is 32.2. The van der Waals surface area contributed by atoms with Crippen molar-refractivity contribution < 1.29 is 17.9 Å². The number of rotatable bonds is 6. The molecule has 9 nitrogen and oxygen atoms in total. The number of carbonyl (C=O) groups excluding carboxylic acids is 1. The summed E-state index contributed by atoms with van der Waals surface area (Å²) in [6.07, 6.45) is 1.68. The third kappa shape index (κ3) is 5.56. The normalized spacial score (nSPS) is 17.9. The average Bonchev–Trinajstić information content (AvgIpc) is 2.80. The van der Waals surface area contributed by atoms with Crippen LogP contribution in [0.1, 0.15) is 5.56 Å². The van der Waals surface area contributed by atoms with Gasteiger partial charge >= 0.3 is 0 Å². The molecule has 4 rings (SSSR count). The Morgan fingerprint density at radius 1 is 1.00 bits per heavy atom. The number of amides is 1. The minimum atomic E-state index is -3.70. The first-order chi connectivity index (χ1) is 15.4. The van der Waals surface area contributed by atoms with Gasteiger partial charge in [-0.2, -0.15) is 4.31 Å². The summed E-state index contributed by atoms with van der Waals surface area (Å²) in [6, 6.07) is 11.7. The molecule has 32 heavy (non-hydrogen) atoms. The summed E-state index contributed by atoms with van der Waals surface area (Å²) in [6.45, 7) is 6.88. The SMILES string of the molecule is Cc1cccc(N2CCN(S(=O)(=O)CC(=O)Nc3ccc(N4CCOCC4)cn3)CC2)c1. The number of benzene rings is 1. The lowest BCUT2D eigenvalue weighted by Gasteiger charge is -2.35. The number of carbonyl (C=O) groups is 1. The van der Waals surface area contributed by atoms with Crippen LogP contribution < -0.4 is 15.1 Å². The zero-order chi connectivity index (χ0) is 22.6. The van der Waals surface area contributed by atoms with Crippen molar-refractivity contribution in [3.05, 3.63) is 48.2 Å². The molecule has 3 heterocycles. The Labute approximate surface area is 189 Å². The van der Waals surface area contributed by atoms with Gasteiger partial charge in [-0.25, -0.2) is 13.4 Å². The summed E-state index contributed by atoms with van der Waals surface area (Å²) in [5, 5.41) is 2.60. The second-order valence-corrected chi connectivity index (χ2v) is 10.00. The van der Waals surface area contributed by atoms with Crippen LogP contribution in [0.15, 0.2) is 42.6 Å². The minimum Gasteiger partial charge on any atom is -0.378 e. The molecule has 172 valence electrons. The van der Waals surface area contributed by atoms with E-state index in [0.717, 1.165) is 24.5 Å². The minimum absolute atomic E-state index is 0.339. The lowest BCUT2D eigenvalue weighted by atomic mass is 10.2. The van der Waals surface area contributed by atoms with Gasteiger partial charge in [-0.3, -0.25) is 4.79 Å². The second kappa shape index (κ2) is 9.85. The number of piperazine rings is 1. The number of nitrogens with one attached hydrogen (secondary N) is 1. The maximum atomic E-state index is 12.8. The fourth-order valence-corrected chi connectivity index (χ4v) is 5.26. The Morgan fingerprint density at radius 2 is 1.72 bits per heavy atom. The van der Waals surface area contributed by atoms with Crippen LogP contribution in [-0.2, 0) is 19.6 Å². The third-order valence-electron chi connectivity index (χ3n) is 5.70. The molecule has 0 radical (unpaired) electrons. The number of morpholine rings is 1. The number of aromatic nitrogens is 1. The summed E-state index contributed by atoms with van der Waals surface area (Å²) in [5.41, 5.74) is 3.21. The van der Waals surface area contributed by atoms with E-state index in [4.69, 9.17) is 4.74 Å². The van der Waals surface area contributed by atoms with Crippen LogP contribution in [0.25, 0.3) is 0 Å². The van der Waals surface area contributed by atoms with Crippen molar-refractivity contribution >= 4 is 33.1 Å². The molecule has 1 aromatic heterocycles. The van der Waals surface area contributed by atoms with E-state index < -0.39 is 21.7 Å². The molecule has 0 unspecified atom stereocenters. The molecule has 1 aromatic carbocycles. The van der Waals surface area contributed by atoms with Crippen LogP contribution in [-0.4, -0.2) is 81.8 Å². The predicted molar refractivity (Wildman–Crippen MR) is 125 cm³/mol. The van der Waals surface area contributed by atoms with E-state index in [9.17, 15) is 13.2 Å². The molecular weight excluding hydrogens is 430 g/mol. The number of ether oxygens (including phenoxy) is 1. The molecule has 0 aliphatic carbocycles. The maximum Gasteiger partial charge on any atom is 0.242 e. The Morgan fingerprint density at radius 3 is 2.38 bits per heavy atom. The molecule has 2 aliphatic heterocycles. The number of aryl methyl sites for hydroxylation is 1. The van der Waals surface area contributed by atoms with E-state index in [-0.39, 0.29) is 0 Å². The molecule has 0 atom stereocenters. The first-order valence-electron chi connectivity index (χ1n) is 10.8. The zero-order valence-corrected chi connectivity index (χ0v) is 19.1. The number of hydrogen-bond acceptors (Lipinski definition) is 7. The van der Waals surface area contributed by atoms with Gasteiger partial charge in [0.15, 0.2) is 0 Å². The molecule has 0 spiro atoms. The van der Waals surface area contributed by atoms with Gasteiger partial charge in [0.05, 0.1) is 25.1 Å². The Hall–Kier alpha value is -2.69. The number of sulfonamides is 1. The van der Waals surface area contributed by atoms with Crippen LogP contribution in [0.4, 0.5) is 17.2 Å². The van der Waals surface area contributed by atoms with E-state index in [1.165, 1.54) is 9.87 Å². The van der Waals surface area contributed by atoms with Crippen molar-refractivity contribution in [3.63, 3.8) is 0 Å². The highest BCUT2D eigenvalue weighted by Crippen LogP contribution is 2.20. The van der Waals surface area contributed by atoms with Gasteiger partial charge in [-0.05, 0) is 36.8 Å². The molecule has 2 saturated heterocycles. The van der Waals surface area contributed by atoms with Gasteiger partial charge in [0, 0.05) is 45.0 Å². The lowest BCUT2D eigenvalue weighted by Crippen LogP contribution is -2.50. The Bertz CT molecular complexity index is 1030. The van der Waals surface area contributed by atoms with Crippen LogP contribution in [0.3, 0.4) is 0 Å². The van der Waals surface area contributed by atoms with Crippen LogP contribution in [0.5, 0.6) is 0 Å². The molecule has 0 saturated carbocycles. The predicted octanol–water partition coefficient (Wildman–Crippen LogP) is 1.32. The van der Waals surface area contributed by atoms with E-state index in [0.29, 0.717) is 45.2 Å². The quantitative estimate of drug-likeness (QED) is 0.696. The van der Waals surface area contributed by atoms with E-state index in [1.807, 2.05) is 31.2 Å². The smallest absolute Gasteiger partial charge is 0.242 e. The van der Waals surface area contributed by atoms with E-state index >= 15 is 0 Å². The molecular formula is C22H29N5O4S. The van der Waals surface area contributed by atoms with Gasteiger partial charge < -0.3 is 19.9 Å². The van der Waals surface area contributed by atoms with Crippen molar-refractivity contribution in [2.45, 2.75) is 6.92 Å². The van der Waals surface area contributed by atoms with Crippen molar-refractivity contribution in [2.75, 3.05) is 73.4 Å². The number of pyridine rings is 1. The fourth-order valence-electron chi connectivity index (χ4n) is 3.95. The van der Waals surface area contributed by atoms with Crippen LogP contribution >= 0.6 is 0 Å². The summed E-state index contributed by atoms with van der Waals surface area (Å²) in [4.78, 5) is 21.0. The molecule has 1 amide bonds. The number of nitrogens with zero attached hydrogens (tertiary/aromatic N) is 4. The van der Waals surface area contributed by atoms with Gasteiger partial charge in [-0.1, -0.05) is 12.1 Å². The number of hydrogen-bond donors (Lipinski definition) is 1. The van der Waals surface area contributed by atoms with Gasteiger partial charge in [0.1, 0.15) is 11.6 Å². The van der Waals surface area contributed by atoms with Crippen molar-refractivity contribution in [1.29, 1.82) is 0 Å². The topological polar surface area (TPSA) is 95.1 Å². The molecule has 10 heteroatoms. The van der Waals surface area contributed by atoms with Gasteiger partial charge in [0.2, 0.25) is 15.9 Å². The average molecular weight is 460 g/mol. The van der Waals surface area contributed by atoms with E-state index in [1.54, 1.807) is 12.3 Å². The Kier molecular flexibility index (Phi) is 6.92. The first kappa shape index (κ1) is 22.5. The molecule has 2 aliphatic rings. The van der Waals surface area contributed by atoms with Crippen molar-refractivity contribution in [3.8, 4) is 0 Å². The lowest BCUT2D eigenvalue weighted by molar-refractivity contribution is -0.114. The van der Waals surface area contributed by atoms with Crippen molar-refractivity contribution in [1.82, 2.24) is 9.29 Å². The zero-order valence-electron chi connectivity index (χ0n) is 18.2. The first-order valence-corrected chi connectivity index (χ1v) is 12.4. The fraction of sp³-hybridized carbons (Fsp3) is 0.455. The highest BCUT2D eigenvalue weighted by molar-refractivity contribution is 7.89. The maximum absolute atomic E-state index is 12.8. The van der Waals surface area contributed by atoms with Gasteiger partial charge in [0.25, 0.3) is 0 Å². The second-order valence-electron chi connectivity index (χ2n) is 8.03. The third-order valence-corrected chi connectivity index (χ3v) is 7.48. The standard InChI is InChI=1S/C22H29N5O4S/c1-18-3-2-4-19(15-18)25-7-9-27(10-8-25)32(29,30)17-22(28)24-21-6-5-20(16-23-21)26-11-13-31-14-12-26/h2-6,15-16H,7-14,17H2,1H3,(H,23,24,28). The molecule has 1 N–H and O–H groups in total. The van der Waals surface area contributed by atoms with Crippen molar-refractivity contribution in [2.24, 2.45) is 0 Å². The highest BCUT2D eigenvalue weighted by atomic mass is 32.2. The summed E-state index contributed by atoms with van der Waals surface area (Å²) >= 11 is 0.